The number of carbonyl (C=O) groups is 1. The Hall–Kier alpha value is -2.50. The Morgan fingerprint density at radius 1 is 0.976 bits per heavy atom. The molecule has 2 aromatic rings. The maximum atomic E-state index is 13.5. The van der Waals surface area contributed by atoms with E-state index in [1.54, 1.807) is 6.20 Å². The second-order valence-electron chi connectivity index (χ2n) is 11.7. The zero-order chi connectivity index (χ0) is 29.1. The first-order valence-corrected chi connectivity index (χ1v) is 16.1. The standard InChI is InChI=1S/C30H39F3N4O3S/c31-30(32,33)24-7-5-10-27(21-24)41(39,40)37-17-2-1-9-26(37)22-28(38)36-19-12-29(13-20-36,25-8-6-14-34-23-25)11-18-35-15-3-4-16-35/h5-8,10,14,21,23,26H,1-4,9,11-13,15-20,22H2. The van der Waals surface area contributed by atoms with Crippen LogP contribution in [0.15, 0.2) is 53.7 Å². The van der Waals surface area contributed by atoms with Gasteiger partial charge in [-0.1, -0.05) is 18.6 Å². The summed E-state index contributed by atoms with van der Waals surface area (Å²) in [5, 5.41) is 0. The topological polar surface area (TPSA) is 73.8 Å². The van der Waals surface area contributed by atoms with Gasteiger partial charge in [0.05, 0.1) is 10.5 Å². The fourth-order valence-electron chi connectivity index (χ4n) is 6.72. The van der Waals surface area contributed by atoms with Crippen molar-refractivity contribution in [2.24, 2.45) is 0 Å². The molecule has 11 heteroatoms. The number of sulfonamides is 1. The fourth-order valence-corrected chi connectivity index (χ4v) is 8.45. The van der Waals surface area contributed by atoms with Crippen LogP contribution >= 0.6 is 0 Å². The summed E-state index contributed by atoms with van der Waals surface area (Å²) in [6, 6.07) is 7.39. The molecule has 1 atom stereocenters. The molecule has 41 heavy (non-hydrogen) atoms. The van der Waals surface area contributed by atoms with Crippen LogP contribution in [0.1, 0.15) is 68.9 Å². The van der Waals surface area contributed by atoms with Crippen molar-refractivity contribution >= 4 is 15.9 Å². The van der Waals surface area contributed by atoms with Gasteiger partial charge in [-0.25, -0.2) is 8.42 Å². The highest BCUT2D eigenvalue weighted by Gasteiger charge is 2.40. The van der Waals surface area contributed by atoms with Crippen molar-refractivity contribution < 1.29 is 26.4 Å². The lowest BCUT2D eigenvalue weighted by atomic mass is 9.70. The van der Waals surface area contributed by atoms with Crippen molar-refractivity contribution in [3.05, 3.63) is 59.9 Å². The van der Waals surface area contributed by atoms with E-state index < -0.39 is 27.8 Å². The van der Waals surface area contributed by atoms with Gasteiger partial charge in [0.1, 0.15) is 0 Å². The van der Waals surface area contributed by atoms with Gasteiger partial charge < -0.3 is 9.80 Å². The first kappa shape index (κ1) is 30.0. The average molecular weight is 593 g/mol. The predicted octanol–water partition coefficient (Wildman–Crippen LogP) is 5.08. The van der Waals surface area contributed by atoms with E-state index in [1.807, 2.05) is 17.2 Å². The van der Waals surface area contributed by atoms with Crippen molar-refractivity contribution in [2.45, 2.75) is 80.3 Å². The molecule has 1 aromatic heterocycles. The number of halogens is 3. The Labute approximate surface area is 240 Å². The largest absolute Gasteiger partial charge is 0.416 e. The number of hydrogen-bond acceptors (Lipinski definition) is 5. The summed E-state index contributed by atoms with van der Waals surface area (Å²) in [7, 11) is -4.19. The first-order valence-electron chi connectivity index (χ1n) is 14.7. The SMILES string of the molecule is O=C(CC1CCCCN1S(=O)(=O)c1cccc(C(F)(F)F)c1)N1CCC(CCN2CCCC2)(c2cccnc2)CC1. The number of aromatic nitrogens is 1. The third-order valence-electron chi connectivity index (χ3n) is 9.20. The number of hydrogen-bond donors (Lipinski definition) is 0. The maximum absolute atomic E-state index is 13.5. The van der Waals surface area contributed by atoms with Crippen LogP contribution in [0.5, 0.6) is 0 Å². The van der Waals surface area contributed by atoms with Gasteiger partial charge in [0.25, 0.3) is 0 Å². The zero-order valence-electron chi connectivity index (χ0n) is 23.4. The molecule has 0 aliphatic carbocycles. The Morgan fingerprint density at radius 2 is 1.71 bits per heavy atom. The van der Waals surface area contributed by atoms with E-state index in [-0.39, 0.29) is 29.2 Å². The summed E-state index contributed by atoms with van der Waals surface area (Å²) in [5.74, 6) is -0.0968. The Balaban J connectivity index is 1.26. The van der Waals surface area contributed by atoms with Gasteiger partial charge in [-0.2, -0.15) is 17.5 Å². The Morgan fingerprint density at radius 3 is 2.39 bits per heavy atom. The van der Waals surface area contributed by atoms with Crippen LogP contribution in [0.4, 0.5) is 13.2 Å². The van der Waals surface area contributed by atoms with Crippen LogP contribution in [-0.4, -0.2) is 78.7 Å². The number of likely N-dealkylation sites (tertiary alicyclic amines) is 2. The normalized spacial score (nSPS) is 22.6. The summed E-state index contributed by atoms with van der Waals surface area (Å²) in [4.78, 5) is 21.9. The van der Waals surface area contributed by atoms with Crippen molar-refractivity contribution in [2.75, 3.05) is 39.3 Å². The number of rotatable bonds is 8. The van der Waals surface area contributed by atoms with Gasteiger partial charge in [0, 0.05) is 49.9 Å². The third kappa shape index (κ3) is 6.78. The minimum Gasteiger partial charge on any atom is -0.343 e. The first-order chi connectivity index (χ1) is 19.6. The highest BCUT2D eigenvalue weighted by Crippen LogP contribution is 2.39. The molecule has 3 aliphatic heterocycles. The number of pyridine rings is 1. The molecule has 7 nitrogen and oxygen atoms in total. The molecule has 1 unspecified atom stereocenters. The number of benzene rings is 1. The fraction of sp³-hybridized carbons (Fsp3) is 0.600. The smallest absolute Gasteiger partial charge is 0.343 e. The molecule has 0 saturated carbocycles. The van der Waals surface area contributed by atoms with Crippen molar-refractivity contribution in [1.82, 2.24) is 19.1 Å². The number of alkyl halides is 3. The lowest BCUT2D eigenvalue weighted by Gasteiger charge is -2.43. The lowest BCUT2D eigenvalue weighted by molar-refractivity contribution is -0.137. The molecule has 0 bridgehead atoms. The quantitative estimate of drug-likeness (QED) is 0.428. The number of amides is 1. The second kappa shape index (κ2) is 12.4. The van der Waals surface area contributed by atoms with E-state index >= 15 is 0 Å². The molecule has 1 amide bonds. The van der Waals surface area contributed by atoms with Crippen LogP contribution in [0.2, 0.25) is 0 Å². The summed E-state index contributed by atoms with van der Waals surface area (Å²) >= 11 is 0. The van der Waals surface area contributed by atoms with Gasteiger partial charge in [-0.3, -0.25) is 9.78 Å². The predicted molar refractivity (Wildman–Crippen MR) is 150 cm³/mol. The maximum Gasteiger partial charge on any atom is 0.416 e. The van der Waals surface area contributed by atoms with E-state index in [4.69, 9.17) is 0 Å². The minimum atomic E-state index is -4.64. The molecule has 224 valence electrons. The van der Waals surface area contributed by atoms with Crippen molar-refractivity contribution in [3.63, 3.8) is 0 Å². The van der Waals surface area contributed by atoms with Gasteiger partial charge in [-0.05, 0) is 94.4 Å². The van der Waals surface area contributed by atoms with Crippen molar-refractivity contribution in [1.29, 1.82) is 0 Å². The molecule has 5 rings (SSSR count). The molecule has 0 spiro atoms. The number of carbonyl (C=O) groups excluding carboxylic acids is 1. The Bertz CT molecular complexity index is 1290. The van der Waals surface area contributed by atoms with Gasteiger partial charge in [-0.15, -0.1) is 0 Å². The molecule has 3 fully saturated rings. The van der Waals surface area contributed by atoms with Crippen molar-refractivity contribution in [3.8, 4) is 0 Å². The van der Waals surface area contributed by atoms with Crippen LogP contribution in [-0.2, 0) is 26.4 Å². The lowest BCUT2D eigenvalue weighted by Crippen LogP contribution is -2.49. The molecular formula is C30H39F3N4O3S. The highest BCUT2D eigenvalue weighted by atomic mass is 32.2. The van der Waals surface area contributed by atoms with E-state index in [0.29, 0.717) is 32.0 Å². The molecule has 3 aliphatic rings. The van der Waals surface area contributed by atoms with Crippen LogP contribution in [0, 0.1) is 0 Å². The summed E-state index contributed by atoms with van der Waals surface area (Å²) in [5.41, 5.74) is 0.146. The van der Waals surface area contributed by atoms with Gasteiger partial charge in [0.15, 0.2) is 0 Å². The second-order valence-corrected chi connectivity index (χ2v) is 13.6. The van der Waals surface area contributed by atoms with Gasteiger partial charge >= 0.3 is 6.18 Å². The van der Waals surface area contributed by atoms with Crippen LogP contribution in [0.3, 0.4) is 0 Å². The highest BCUT2D eigenvalue weighted by molar-refractivity contribution is 7.89. The summed E-state index contributed by atoms with van der Waals surface area (Å²) in [6.45, 7) is 4.65. The zero-order valence-corrected chi connectivity index (χ0v) is 24.2. The summed E-state index contributed by atoms with van der Waals surface area (Å²) in [6.07, 6.45) is 6.12. The minimum absolute atomic E-state index is 0.0336. The number of piperidine rings is 2. The molecule has 0 N–H and O–H groups in total. The third-order valence-corrected chi connectivity index (χ3v) is 11.2. The van der Waals surface area contributed by atoms with E-state index in [1.165, 1.54) is 28.8 Å². The van der Waals surface area contributed by atoms with Crippen LogP contribution in [0.25, 0.3) is 0 Å². The van der Waals surface area contributed by atoms with Gasteiger partial charge in [0.2, 0.25) is 15.9 Å². The van der Waals surface area contributed by atoms with E-state index in [9.17, 15) is 26.4 Å². The molecule has 3 saturated heterocycles. The Kier molecular flexibility index (Phi) is 9.06. The monoisotopic (exact) mass is 592 g/mol. The molecule has 1 aromatic carbocycles. The van der Waals surface area contributed by atoms with Crippen LogP contribution < -0.4 is 0 Å². The van der Waals surface area contributed by atoms with E-state index in [2.05, 4.69) is 16.0 Å². The average Bonchev–Trinajstić information content (AvgIpc) is 3.51. The summed E-state index contributed by atoms with van der Waals surface area (Å²) < 4.78 is 68.1. The molecular weight excluding hydrogens is 553 g/mol. The molecule has 0 radical (unpaired) electrons. The number of nitrogens with zero attached hydrogens (tertiary/aromatic N) is 4. The molecule has 4 heterocycles. The van der Waals surface area contributed by atoms with E-state index in [0.717, 1.165) is 57.5 Å².